The smallest absolute Gasteiger partial charge is 0.254 e. The molecule has 210 valence electrons. The first-order valence-corrected chi connectivity index (χ1v) is 14.1. The molecule has 1 unspecified atom stereocenters. The second kappa shape index (κ2) is 13.8. The number of carbonyl (C=O) groups is 2. The molecule has 0 heterocycles. The molecule has 0 radical (unpaired) electrons. The molecule has 1 N–H and O–H groups in total. The van der Waals surface area contributed by atoms with Gasteiger partial charge in [-0.2, -0.15) is 0 Å². The van der Waals surface area contributed by atoms with Gasteiger partial charge in [-0.25, -0.2) is 0 Å². The van der Waals surface area contributed by atoms with Gasteiger partial charge in [-0.3, -0.25) is 9.59 Å². The van der Waals surface area contributed by atoms with Gasteiger partial charge < -0.3 is 14.7 Å². The van der Waals surface area contributed by atoms with Crippen LogP contribution in [0.5, 0.6) is 11.5 Å². The number of ketones is 1. The van der Waals surface area contributed by atoms with Crippen LogP contribution >= 0.6 is 11.6 Å². The quantitative estimate of drug-likeness (QED) is 0.162. The summed E-state index contributed by atoms with van der Waals surface area (Å²) in [6, 6.07) is 40.1. The Labute approximate surface area is 250 Å². The number of carbonyl (C=O) groups excluding carboxylic acids is 2. The van der Waals surface area contributed by atoms with E-state index in [0.717, 1.165) is 11.1 Å². The van der Waals surface area contributed by atoms with Crippen LogP contribution in [0.1, 0.15) is 43.5 Å². The molecular weight excluding hydrogens is 546 g/mol. The zero-order valence-corrected chi connectivity index (χ0v) is 23.7. The average molecular weight is 576 g/mol. The van der Waals surface area contributed by atoms with Crippen molar-refractivity contribution < 1.29 is 19.4 Å². The third-order valence-electron chi connectivity index (χ3n) is 6.91. The Kier molecular flexibility index (Phi) is 9.44. The van der Waals surface area contributed by atoms with E-state index in [-0.39, 0.29) is 11.7 Å². The summed E-state index contributed by atoms with van der Waals surface area (Å²) in [5.74, 6) is 0.733. The summed E-state index contributed by atoms with van der Waals surface area (Å²) in [5.41, 5.74) is 3.51. The molecule has 0 fully saturated rings. The molecule has 5 aromatic carbocycles. The van der Waals surface area contributed by atoms with Gasteiger partial charge in [0, 0.05) is 29.2 Å². The highest BCUT2D eigenvalue weighted by atomic mass is 35.5. The topological polar surface area (TPSA) is 66.8 Å². The Bertz CT molecular complexity index is 1620. The van der Waals surface area contributed by atoms with Crippen LogP contribution in [-0.2, 0) is 13.0 Å². The predicted molar refractivity (Wildman–Crippen MR) is 165 cm³/mol. The standard InChI is InChI=1S/C36H30ClNO4/c37-31-12-7-13-33(24-31)42-32-20-18-30(19-21-32)36(41)38(23-22-26-8-3-1-4-9-26)25-27-14-16-29(17-15-27)35(40)34(39)28-10-5-2-6-11-28/h1-21,24,34,39H,22-23,25H2. The van der Waals surface area contributed by atoms with E-state index in [2.05, 4.69) is 0 Å². The van der Waals surface area contributed by atoms with E-state index in [1.54, 1.807) is 77.7 Å². The number of amides is 1. The molecule has 42 heavy (non-hydrogen) atoms. The van der Waals surface area contributed by atoms with Crippen LogP contribution in [0.2, 0.25) is 5.02 Å². The minimum absolute atomic E-state index is 0.111. The first kappa shape index (κ1) is 28.8. The van der Waals surface area contributed by atoms with E-state index in [9.17, 15) is 14.7 Å². The van der Waals surface area contributed by atoms with Gasteiger partial charge in [0.25, 0.3) is 5.91 Å². The Morgan fingerprint density at radius 1 is 0.690 bits per heavy atom. The largest absolute Gasteiger partial charge is 0.457 e. The van der Waals surface area contributed by atoms with Gasteiger partial charge in [0.15, 0.2) is 5.78 Å². The number of hydrogen-bond donors (Lipinski definition) is 1. The second-order valence-corrected chi connectivity index (χ2v) is 10.4. The van der Waals surface area contributed by atoms with Gasteiger partial charge in [-0.1, -0.05) is 103 Å². The van der Waals surface area contributed by atoms with Gasteiger partial charge in [0.05, 0.1) is 0 Å². The molecule has 0 aliphatic rings. The lowest BCUT2D eigenvalue weighted by Gasteiger charge is -2.23. The van der Waals surface area contributed by atoms with Crippen molar-refractivity contribution in [3.8, 4) is 11.5 Å². The maximum Gasteiger partial charge on any atom is 0.254 e. The van der Waals surface area contributed by atoms with Crippen molar-refractivity contribution in [1.29, 1.82) is 0 Å². The number of nitrogens with zero attached hydrogens (tertiary/aromatic N) is 1. The van der Waals surface area contributed by atoms with E-state index < -0.39 is 6.10 Å². The van der Waals surface area contributed by atoms with Gasteiger partial charge in [0.2, 0.25) is 0 Å². The van der Waals surface area contributed by atoms with E-state index in [1.807, 2.05) is 60.7 Å². The molecule has 6 heteroatoms. The van der Waals surface area contributed by atoms with Gasteiger partial charge in [-0.15, -0.1) is 0 Å². The number of rotatable bonds is 11. The number of benzene rings is 5. The van der Waals surface area contributed by atoms with Crippen molar-refractivity contribution in [1.82, 2.24) is 4.90 Å². The van der Waals surface area contributed by atoms with Gasteiger partial charge in [0.1, 0.15) is 17.6 Å². The monoisotopic (exact) mass is 575 g/mol. The summed E-state index contributed by atoms with van der Waals surface area (Å²) in [6.45, 7) is 0.874. The van der Waals surface area contributed by atoms with Crippen molar-refractivity contribution in [2.45, 2.75) is 19.1 Å². The van der Waals surface area contributed by atoms with E-state index in [1.165, 1.54) is 0 Å². The molecule has 1 amide bonds. The summed E-state index contributed by atoms with van der Waals surface area (Å²) >= 11 is 6.06. The number of ether oxygens (including phenoxy) is 1. The second-order valence-electron chi connectivity index (χ2n) is 9.92. The van der Waals surface area contributed by atoms with E-state index in [4.69, 9.17) is 16.3 Å². The van der Waals surface area contributed by atoms with Crippen LogP contribution in [0.3, 0.4) is 0 Å². The maximum atomic E-state index is 13.7. The number of halogens is 1. The Hall–Kier alpha value is -4.71. The third kappa shape index (κ3) is 7.52. The lowest BCUT2D eigenvalue weighted by molar-refractivity contribution is 0.0738. The van der Waals surface area contributed by atoms with E-state index in [0.29, 0.717) is 52.7 Å². The van der Waals surface area contributed by atoms with Crippen molar-refractivity contribution in [3.63, 3.8) is 0 Å². The fourth-order valence-corrected chi connectivity index (χ4v) is 4.80. The molecule has 0 aliphatic carbocycles. The number of aliphatic hydroxyl groups is 1. The molecule has 5 rings (SSSR count). The molecule has 5 aromatic rings. The number of aliphatic hydroxyl groups excluding tert-OH is 1. The van der Waals surface area contributed by atoms with Gasteiger partial charge >= 0.3 is 0 Å². The van der Waals surface area contributed by atoms with Crippen LogP contribution in [0.4, 0.5) is 0 Å². The molecule has 1 atom stereocenters. The lowest BCUT2D eigenvalue weighted by Crippen LogP contribution is -2.32. The van der Waals surface area contributed by atoms with Crippen molar-refractivity contribution in [2.24, 2.45) is 0 Å². The fourth-order valence-electron chi connectivity index (χ4n) is 4.62. The van der Waals surface area contributed by atoms with Crippen molar-refractivity contribution in [2.75, 3.05) is 6.54 Å². The Morgan fingerprint density at radius 3 is 2.00 bits per heavy atom. The molecule has 0 saturated carbocycles. The zero-order valence-electron chi connectivity index (χ0n) is 22.9. The number of Topliss-reactive ketones (excluding diaryl/α,β-unsaturated/α-hetero) is 1. The Balaban J connectivity index is 1.30. The summed E-state index contributed by atoms with van der Waals surface area (Å²) in [4.78, 5) is 28.3. The summed E-state index contributed by atoms with van der Waals surface area (Å²) in [6.07, 6.45) is -0.533. The van der Waals surface area contributed by atoms with Crippen molar-refractivity contribution >= 4 is 23.3 Å². The lowest BCUT2D eigenvalue weighted by atomic mass is 9.99. The molecule has 5 nitrogen and oxygen atoms in total. The first-order chi connectivity index (χ1) is 20.5. The number of hydrogen-bond acceptors (Lipinski definition) is 4. The highest BCUT2D eigenvalue weighted by Gasteiger charge is 2.20. The van der Waals surface area contributed by atoms with Crippen LogP contribution in [-0.4, -0.2) is 28.2 Å². The van der Waals surface area contributed by atoms with Crippen LogP contribution in [0.25, 0.3) is 0 Å². The normalized spacial score (nSPS) is 11.5. The highest BCUT2D eigenvalue weighted by molar-refractivity contribution is 6.30. The van der Waals surface area contributed by atoms with Gasteiger partial charge in [-0.05, 0) is 65.6 Å². The molecule has 0 spiro atoms. The highest BCUT2D eigenvalue weighted by Crippen LogP contribution is 2.25. The zero-order chi connectivity index (χ0) is 29.3. The summed E-state index contributed by atoms with van der Waals surface area (Å²) in [5, 5.41) is 11.1. The molecule has 0 bridgehead atoms. The third-order valence-corrected chi connectivity index (χ3v) is 7.14. The molecule has 0 saturated heterocycles. The minimum Gasteiger partial charge on any atom is -0.457 e. The maximum absolute atomic E-state index is 13.7. The SMILES string of the molecule is O=C(c1ccc(CN(CCc2ccccc2)C(=O)c2ccc(Oc3cccc(Cl)c3)cc2)cc1)C(O)c1ccccc1. The fraction of sp³-hybridized carbons (Fsp3) is 0.111. The predicted octanol–water partition coefficient (Wildman–Crippen LogP) is 7.93. The van der Waals surface area contributed by atoms with E-state index >= 15 is 0 Å². The minimum atomic E-state index is -1.23. The van der Waals surface area contributed by atoms with Crippen LogP contribution in [0.15, 0.2) is 133 Å². The Morgan fingerprint density at radius 2 is 1.33 bits per heavy atom. The summed E-state index contributed by atoms with van der Waals surface area (Å²) in [7, 11) is 0. The summed E-state index contributed by atoms with van der Waals surface area (Å²) < 4.78 is 5.88. The van der Waals surface area contributed by atoms with Crippen molar-refractivity contribution in [3.05, 3.63) is 166 Å². The average Bonchev–Trinajstić information content (AvgIpc) is 3.03. The first-order valence-electron chi connectivity index (χ1n) is 13.7. The van der Waals surface area contributed by atoms with Crippen LogP contribution in [0, 0.1) is 0 Å². The van der Waals surface area contributed by atoms with Crippen LogP contribution < -0.4 is 4.74 Å². The molecular formula is C36H30ClNO4. The molecule has 0 aromatic heterocycles. The molecule has 0 aliphatic heterocycles.